The molecule has 0 fully saturated rings. The number of carbonyl (C=O) groups is 2. The molecule has 132 valence electrons. The Kier molecular flexibility index (Phi) is 6.11. The number of hydrogen-bond donors (Lipinski definition) is 2. The molecule has 6 nitrogen and oxygen atoms in total. The number of rotatable bonds is 6. The number of benzene rings is 1. The predicted molar refractivity (Wildman–Crippen MR) is 96.7 cm³/mol. The van der Waals surface area contributed by atoms with E-state index in [0.29, 0.717) is 17.1 Å². The molecule has 1 atom stereocenters. The van der Waals surface area contributed by atoms with Gasteiger partial charge in [0.1, 0.15) is 17.6 Å². The quantitative estimate of drug-likeness (QED) is 0.847. The second-order valence-electron chi connectivity index (χ2n) is 6.13. The molecule has 6 heteroatoms. The number of anilines is 1. The minimum absolute atomic E-state index is 0.0763. The topological polar surface area (TPSA) is 80.3 Å². The van der Waals surface area contributed by atoms with Crippen molar-refractivity contribution in [3.8, 4) is 5.75 Å². The molecule has 1 aromatic heterocycles. The van der Waals surface area contributed by atoms with E-state index in [-0.39, 0.29) is 17.7 Å². The summed E-state index contributed by atoms with van der Waals surface area (Å²) < 4.78 is 5.08. The number of ether oxygens (including phenoxy) is 1. The monoisotopic (exact) mass is 341 g/mol. The van der Waals surface area contributed by atoms with Gasteiger partial charge in [-0.05, 0) is 48.7 Å². The van der Waals surface area contributed by atoms with Crippen molar-refractivity contribution >= 4 is 17.6 Å². The molecule has 0 aliphatic heterocycles. The van der Waals surface area contributed by atoms with Crippen LogP contribution in [0.3, 0.4) is 0 Å². The SMILES string of the molecule is COc1ccc(C(=O)NC(C(=O)Nc2ccc(C)cn2)C(C)C)cc1. The largest absolute Gasteiger partial charge is 0.497 e. The molecular weight excluding hydrogens is 318 g/mol. The third kappa shape index (κ3) is 5.04. The number of amides is 2. The highest BCUT2D eigenvalue weighted by atomic mass is 16.5. The van der Waals surface area contributed by atoms with Gasteiger partial charge in [-0.25, -0.2) is 4.98 Å². The standard InChI is InChI=1S/C19H23N3O3/c1-12(2)17(19(24)21-16-10-5-13(3)11-20-16)22-18(23)14-6-8-15(25-4)9-7-14/h5-12,17H,1-4H3,(H,22,23)(H,20,21,24). The fraction of sp³-hybridized carbons (Fsp3) is 0.316. The van der Waals surface area contributed by atoms with Crippen molar-refractivity contribution in [2.24, 2.45) is 5.92 Å². The second-order valence-corrected chi connectivity index (χ2v) is 6.13. The van der Waals surface area contributed by atoms with Gasteiger partial charge in [0.25, 0.3) is 5.91 Å². The Morgan fingerprint density at radius 2 is 1.76 bits per heavy atom. The molecule has 1 heterocycles. The van der Waals surface area contributed by atoms with Gasteiger partial charge in [0.2, 0.25) is 5.91 Å². The summed E-state index contributed by atoms with van der Waals surface area (Å²) in [6, 6.07) is 9.65. The van der Waals surface area contributed by atoms with Crippen LogP contribution in [-0.4, -0.2) is 29.9 Å². The van der Waals surface area contributed by atoms with E-state index in [4.69, 9.17) is 4.74 Å². The van der Waals surface area contributed by atoms with Gasteiger partial charge in [0.15, 0.2) is 0 Å². The molecule has 0 aliphatic carbocycles. The van der Waals surface area contributed by atoms with Crippen LogP contribution in [0.5, 0.6) is 5.75 Å². The van der Waals surface area contributed by atoms with Crippen LogP contribution in [0.15, 0.2) is 42.6 Å². The van der Waals surface area contributed by atoms with Crippen molar-refractivity contribution in [2.75, 3.05) is 12.4 Å². The number of aromatic nitrogens is 1. The lowest BCUT2D eigenvalue weighted by atomic mass is 10.0. The summed E-state index contributed by atoms with van der Waals surface area (Å²) in [4.78, 5) is 29.1. The molecule has 0 saturated carbocycles. The van der Waals surface area contributed by atoms with E-state index in [9.17, 15) is 9.59 Å². The zero-order valence-electron chi connectivity index (χ0n) is 14.9. The number of nitrogens with zero attached hydrogens (tertiary/aromatic N) is 1. The van der Waals surface area contributed by atoms with E-state index in [1.165, 1.54) is 0 Å². The van der Waals surface area contributed by atoms with Gasteiger partial charge in [-0.3, -0.25) is 9.59 Å². The Balaban J connectivity index is 2.07. The van der Waals surface area contributed by atoms with Gasteiger partial charge in [-0.1, -0.05) is 19.9 Å². The van der Waals surface area contributed by atoms with Crippen molar-refractivity contribution in [1.29, 1.82) is 0 Å². The molecule has 1 aromatic carbocycles. The van der Waals surface area contributed by atoms with Gasteiger partial charge in [0.05, 0.1) is 7.11 Å². The summed E-state index contributed by atoms with van der Waals surface area (Å²) in [5, 5.41) is 5.52. The van der Waals surface area contributed by atoms with Crippen LogP contribution in [0, 0.1) is 12.8 Å². The first-order valence-corrected chi connectivity index (χ1v) is 8.09. The predicted octanol–water partition coefficient (Wildman–Crippen LogP) is 2.79. The normalized spacial score (nSPS) is 11.7. The molecule has 2 amide bonds. The first-order chi connectivity index (χ1) is 11.9. The number of carbonyl (C=O) groups excluding carboxylic acids is 2. The van der Waals surface area contributed by atoms with Gasteiger partial charge in [-0.15, -0.1) is 0 Å². The minimum Gasteiger partial charge on any atom is -0.497 e. The average Bonchev–Trinajstić information content (AvgIpc) is 2.61. The molecule has 0 radical (unpaired) electrons. The molecule has 2 N–H and O–H groups in total. The van der Waals surface area contributed by atoms with Crippen LogP contribution in [0.2, 0.25) is 0 Å². The summed E-state index contributed by atoms with van der Waals surface area (Å²) >= 11 is 0. The fourth-order valence-electron chi connectivity index (χ4n) is 2.25. The lowest BCUT2D eigenvalue weighted by Gasteiger charge is -2.21. The van der Waals surface area contributed by atoms with Crippen LogP contribution in [0.25, 0.3) is 0 Å². The van der Waals surface area contributed by atoms with E-state index >= 15 is 0 Å². The first-order valence-electron chi connectivity index (χ1n) is 8.09. The minimum atomic E-state index is -0.669. The van der Waals surface area contributed by atoms with E-state index in [1.54, 1.807) is 43.6 Å². The summed E-state index contributed by atoms with van der Waals surface area (Å²) in [7, 11) is 1.56. The third-order valence-corrected chi connectivity index (χ3v) is 3.75. The maximum atomic E-state index is 12.5. The maximum Gasteiger partial charge on any atom is 0.251 e. The number of methoxy groups -OCH3 is 1. The number of pyridine rings is 1. The smallest absolute Gasteiger partial charge is 0.251 e. The second kappa shape index (κ2) is 8.28. The third-order valence-electron chi connectivity index (χ3n) is 3.75. The molecule has 25 heavy (non-hydrogen) atoms. The molecule has 0 aliphatic rings. The maximum absolute atomic E-state index is 12.5. The lowest BCUT2D eigenvalue weighted by Crippen LogP contribution is -2.47. The number of aryl methyl sites for hydroxylation is 1. The highest BCUT2D eigenvalue weighted by Crippen LogP contribution is 2.13. The number of nitrogens with one attached hydrogen (secondary N) is 2. The lowest BCUT2D eigenvalue weighted by molar-refractivity contribution is -0.118. The van der Waals surface area contributed by atoms with Crippen molar-refractivity contribution in [3.05, 3.63) is 53.7 Å². The number of hydrogen-bond acceptors (Lipinski definition) is 4. The zero-order chi connectivity index (χ0) is 18.4. The highest BCUT2D eigenvalue weighted by molar-refractivity contribution is 6.01. The molecule has 0 saturated heterocycles. The van der Waals surface area contributed by atoms with E-state index < -0.39 is 6.04 Å². The summed E-state index contributed by atoms with van der Waals surface area (Å²) in [6.07, 6.45) is 1.68. The van der Waals surface area contributed by atoms with E-state index in [2.05, 4.69) is 15.6 Å². The molecule has 0 bridgehead atoms. The van der Waals surface area contributed by atoms with Gasteiger partial charge in [-0.2, -0.15) is 0 Å². The van der Waals surface area contributed by atoms with Crippen LogP contribution >= 0.6 is 0 Å². The Labute approximate surface area is 147 Å². The summed E-state index contributed by atoms with van der Waals surface area (Å²) in [6.45, 7) is 5.67. The zero-order valence-corrected chi connectivity index (χ0v) is 14.9. The molecule has 0 spiro atoms. The Hall–Kier alpha value is -2.89. The summed E-state index contributed by atoms with van der Waals surface area (Å²) in [5.74, 6) is 0.439. The van der Waals surface area contributed by atoms with Crippen LogP contribution in [-0.2, 0) is 4.79 Å². The van der Waals surface area contributed by atoms with Gasteiger partial charge >= 0.3 is 0 Å². The van der Waals surface area contributed by atoms with Crippen LogP contribution < -0.4 is 15.4 Å². The molecular formula is C19H23N3O3. The Morgan fingerprint density at radius 1 is 1.08 bits per heavy atom. The Morgan fingerprint density at radius 3 is 2.28 bits per heavy atom. The highest BCUT2D eigenvalue weighted by Gasteiger charge is 2.25. The first kappa shape index (κ1) is 18.4. The van der Waals surface area contributed by atoms with E-state index in [1.807, 2.05) is 26.8 Å². The van der Waals surface area contributed by atoms with Gasteiger partial charge < -0.3 is 15.4 Å². The van der Waals surface area contributed by atoms with Crippen LogP contribution in [0.1, 0.15) is 29.8 Å². The Bertz CT molecular complexity index is 725. The van der Waals surface area contributed by atoms with Crippen LogP contribution in [0.4, 0.5) is 5.82 Å². The van der Waals surface area contributed by atoms with Crippen molar-refractivity contribution < 1.29 is 14.3 Å². The average molecular weight is 341 g/mol. The van der Waals surface area contributed by atoms with Crippen molar-refractivity contribution in [3.63, 3.8) is 0 Å². The van der Waals surface area contributed by atoms with E-state index in [0.717, 1.165) is 5.56 Å². The fourth-order valence-corrected chi connectivity index (χ4v) is 2.25. The van der Waals surface area contributed by atoms with Crippen molar-refractivity contribution in [1.82, 2.24) is 10.3 Å². The van der Waals surface area contributed by atoms with Gasteiger partial charge in [0, 0.05) is 11.8 Å². The molecule has 1 unspecified atom stereocenters. The molecule has 2 rings (SSSR count). The summed E-state index contributed by atoms with van der Waals surface area (Å²) in [5.41, 5.74) is 1.47. The molecule has 2 aromatic rings. The van der Waals surface area contributed by atoms with Crippen molar-refractivity contribution in [2.45, 2.75) is 26.8 Å².